The second kappa shape index (κ2) is 7.88. The van der Waals surface area contributed by atoms with Crippen molar-refractivity contribution in [2.24, 2.45) is 0 Å². The van der Waals surface area contributed by atoms with Crippen molar-refractivity contribution in [3.05, 3.63) is 40.7 Å². The molecule has 0 radical (unpaired) electrons. The second-order valence-electron chi connectivity index (χ2n) is 6.25. The summed E-state index contributed by atoms with van der Waals surface area (Å²) >= 11 is 1.60. The van der Waals surface area contributed by atoms with E-state index >= 15 is 0 Å². The first-order valence-corrected chi connectivity index (χ1v) is 9.31. The highest BCUT2D eigenvalue weighted by Crippen LogP contribution is 2.22. The van der Waals surface area contributed by atoms with Crippen LogP contribution in [0.4, 0.5) is 0 Å². The van der Waals surface area contributed by atoms with Crippen molar-refractivity contribution < 1.29 is 4.79 Å². The normalized spacial score (nSPS) is 20.2. The summed E-state index contributed by atoms with van der Waals surface area (Å²) in [7, 11) is 1.85. The topological polar surface area (TPSA) is 57.3 Å². The molecule has 0 aliphatic carbocycles. The molecule has 0 spiro atoms. The Balaban J connectivity index is 1.58. The molecule has 1 aromatic heterocycles. The standard InChI is InChI=1S/C18H24N4OS/c1-3-7-14-10-15(21-20-14)18(23)22(2)11-17-19-16(12-24-17)13-8-5-4-6-9-13/h4-6,8-9,12,14-15,20-21H,3,7,10-11H2,1-2H3. The number of nitrogens with zero attached hydrogens (tertiary/aromatic N) is 2. The van der Waals surface area contributed by atoms with Gasteiger partial charge in [-0.3, -0.25) is 10.2 Å². The van der Waals surface area contributed by atoms with E-state index in [0.29, 0.717) is 12.6 Å². The number of hydrogen-bond donors (Lipinski definition) is 2. The van der Waals surface area contributed by atoms with Gasteiger partial charge in [0.25, 0.3) is 0 Å². The molecule has 1 saturated heterocycles. The minimum absolute atomic E-state index is 0.123. The summed E-state index contributed by atoms with van der Waals surface area (Å²) in [6.07, 6.45) is 3.06. The highest BCUT2D eigenvalue weighted by atomic mass is 32.1. The fourth-order valence-electron chi connectivity index (χ4n) is 2.99. The van der Waals surface area contributed by atoms with E-state index in [1.807, 2.05) is 25.2 Å². The number of amides is 1. The minimum atomic E-state index is -0.139. The van der Waals surface area contributed by atoms with Crippen molar-refractivity contribution >= 4 is 17.2 Å². The van der Waals surface area contributed by atoms with E-state index in [1.165, 1.54) is 0 Å². The van der Waals surface area contributed by atoms with Crippen LogP contribution in [-0.4, -0.2) is 34.9 Å². The van der Waals surface area contributed by atoms with Crippen LogP contribution in [0.2, 0.25) is 0 Å². The number of likely N-dealkylation sites (N-methyl/N-ethyl adjacent to an activating group) is 1. The van der Waals surface area contributed by atoms with Crippen LogP contribution in [0.25, 0.3) is 11.3 Å². The number of rotatable bonds is 6. The van der Waals surface area contributed by atoms with Gasteiger partial charge in [0, 0.05) is 24.0 Å². The number of hydrogen-bond acceptors (Lipinski definition) is 5. The SMILES string of the molecule is CCCC1CC(C(=O)N(C)Cc2nc(-c3ccccc3)cs2)NN1. The Labute approximate surface area is 147 Å². The lowest BCUT2D eigenvalue weighted by molar-refractivity contribution is -0.132. The molecule has 2 aromatic rings. The molecule has 2 unspecified atom stereocenters. The molecule has 5 nitrogen and oxygen atoms in total. The van der Waals surface area contributed by atoms with E-state index in [0.717, 1.165) is 35.5 Å². The molecule has 0 saturated carbocycles. The molecule has 1 aliphatic rings. The van der Waals surface area contributed by atoms with Crippen LogP contribution in [0.3, 0.4) is 0 Å². The summed E-state index contributed by atoms with van der Waals surface area (Å²) in [6.45, 7) is 2.71. The van der Waals surface area contributed by atoms with Gasteiger partial charge >= 0.3 is 0 Å². The average molecular weight is 344 g/mol. The Morgan fingerprint density at radius 1 is 1.33 bits per heavy atom. The third-order valence-electron chi connectivity index (χ3n) is 4.29. The van der Waals surface area contributed by atoms with Crippen LogP contribution in [0, 0.1) is 0 Å². The maximum absolute atomic E-state index is 12.6. The van der Waals surface area contributed by atoms with Crippen LogP contribution in [0.5, 0.6) is 0 Å². The lowest BCUT2D eigenvalue weighted by Crippen LogP contribution is -2.43. The molecule has 1 aromatic carbocycles. The van der Waals surface area contributed by atoms with Gasteiger partial charge in [-0.15, -0.1) is 11.3 Å². The molecule has 1 aliphatic heterocycles. The fourth-order valence-corrected chi connectivity index (χ4v) is 3.85. The average Bonchev–Trinajstić information content (AvgIpc) is 3.25. The number of benzene rings is 1. The molecule has 2 heterocycles. The summed E-state index contributed by atoms with van der Waals surface area (Å²) in [5.41, 5.74) is 8.43. The fraction of sp³-hybridized carbons (Fsp3) is 0.444. The molecule has 1 amide bonds. The van der Waals surface area contributed by atoms with E-state index in [1.54, 1.807) is 16.2 Å². The maximum atomic E-state index is 12.6. The quantitative estimate of drug-likeness (QED) is 0.846. The lowest BCUT2D eigenvalue weighted by Gasteiger charge is -2.19. The molecule has 128 valence electrons. The highest BCUT2D eigenvalue weighted by Gasteiger charge is 2.30. The van der Waals surface area contributed by atoms with Gasteiger partial charge in [0.05, 0.1) is 12.2 Å². The third kappa shape index (κ3) is 4.01. The van der Waals surface area contributed by atoms with Gasteiger partial charge in [-0.05, 0) is 12.8 Å². The van der Waals surface area contributed by atoms with Gasteiger partial charge in [-0.2, -0.15) is 0 Å². The number of thiazole rings is 1. The van der Waals surface area contributed by atoms with Gasteiger partial charge in [0.15, 0.2) is 0 Å². The number of aromatic nitrogens is 1. The summed E-state index contributed by atoms with van der Waals surface area (Å²) in [4.78, 5) is 19.0. The summed E-state index contributed by atoms with van der Waals surface area (Å²) in [6, 6.07) is 10.4. The maximum Gasteiger partial charge on any atom is 0.241 e. The smallest absolute Gasteiger partial charge is 0.241 e. The molecule has 6 heteroatoms. The number of nitrogens with one attached hydrogen (secondary N) is 2. The monoisotopic (exact) mass is 344 g/mol. The molecule has 3 rings (SSSR count). The van der Waals surface area contributed by atoms with Crippen LogP contribution in [0.15, 0.2) is 35.7 Å². The Bertz CT molecular complexity index is 673. The van der Waals surface area contributed by atoms with Crippen molar-refractivity contribution in [2.45, 2.75) is 44.8 Å². The molecule has 0 bridgehead atoms. The van der Waals surface area contributed by atoms with Gasteiger partial charge < -0.3 is 4.90 Å². The summed E-state index contributed by atoms with van der Waals surface area (Å²) < 4.78 is 0. The molecule has 1 fully saturated rings. The minimum Gasteiger partial charge on any atom is -0.338 e. The van der Waals surface area contributed by atoms with Crippen molar-refractivity contribution in [3.8, 4) is 11.3 Å². The van der Waals surface area contributed by atoms with Crippen LogP contribution in [-0.2, 0) is 11.3 Å². The largest absolute Gasteiger partial charge is 0.338 e. The van der Waals surface area contributed by atoms with E-state index in [4.69, 9.17) is 0 Å². The summed E-state index contributed by atoms with van der Waals surface area (Å²) in [5.74, 6) is 0.123. The van der Waals surface area contributed by atoms with Gasteiger partial charge in [0.2, 0.25) is 5.91 Å². The Kier molecular flexibility index (Phi) is 5.60. The Hall–Kier alpha value is -1.76. The van der Waals surface area contributed by atoms with Crippen molar-refractivity contribution in [1.82, 2.24) is 20.7 Å². The molecule has 2 atom stereocenters. The summed E-state index contributed by atoms with van der Waals surface area (Å²) in [5, 5.41) is 3.01. The second-order valence-corrected chi connectivity index (χ2v) is 7.19. The highest BCUT2D eigenvalue weighted by molar-refractivity contribution is 7.09. The van der Waals surface area contributed by atoms with Crippen molar-refractivity contribution in [2.75, 3.05) is 7.05 Å². The number of carbonyl (C=O) groups excluding carboxylic acids is 1. The lowest BCUT2D eigenvalue weighted by atomic mass is 10.1. The van der Waals surface area contributed by atoms with Crippen molar-refractivity contribution in [3.63, 3.8) is 0 Å². The Morgan fingerprint density at radius 3 is 2.88 bits per heavy atom. The van der Waals surface area contributed by atoms with Gasteiger partial charge in [-0.1, -0.05) is 43.7 Å². The first-order chi connectivity index (χ1) is 11.7. The Morgan fingerprint density at radius 2 is 2.12 bits per heavy atom. The first kappa shape index (κ1) is 17.1. The molecular formula is C18H24N4OS. The molecule has 24 heavy (non-hydrogen) atoms. The van der Waals surface area contributed by atoms with E-state index in [9.17, 15) is 4.79 Å². The zero-order valence-electron chi connectivity index (χ0n) is 14.2. The predicted octanol–water partition coefficient (Wildman–Crippen LogP) is 2.80. The van der Waals surface area contributed by atoms with E-state index in [-0.39, 0.29) is 11.9 Å². The number of carbonyl (C=O) groups is 1. The van der Waals surface area contributed by atoms with Crippen LogP contribution < -0.4 is 10.9 Å². The zero-order chi connectivity index (χ0) is 16.9. The van der Waals surface area contributed by atoms with Gasteiger partial charge in [-0.25, -0.2) is 10.4 Å². The molecular weight excluding hydrogens is 320 g/mol. The zero-order valence-corrected chi connectivity index (χ0v) is 15.0. The van der Waals surface area contributed by atoms with Gasteiger partial charge in [0.1, 0.15) is 11.0 Å². The molecule has 2 N–H and O–H groups in total. The van der Waals surface area contributed by atoms with Crippen molar-refractivity contribution in [1.29, 1.82) is 0 Å². The first-order valence-electron chi connectivity index (χ1n) is 8.43. The van der Waals surface area contributed by atoms with E-state index < -0.39 is 0 Å². The van der Waals surface area contributed by atoms with Crippen LogP contribution in [0.1, 0.15) is 31.2 Å². The predicted molar refractivity (Wildman–Crippen MR) is 97.4 cm³/mol. The van der Waals surface area contributed by atoms with E-state index in [2.05, 4.69) is 40.3 Å². The van der Waals surface area contributed by atoms with Crippen LogP contribution >= 0.6 is 11.3 Å². The third-order valence-corrected chi connectivity index (χ3v) is 5.12. The number of hydrazine groups is 1.